The van der Waals surface area contributed by atoms with Crippen molar-refractivity contribution in [3.8, 4) is 0 Å². The van der Waals surface area contributed by atoms with Crippen LogP contribution >= 0.6 is 0 Å². The standard InChI is InChI=1S/C22H28N8O/c1-3-28-15-24-26-21(28)14-27(2)12-17-6-7-19-18-9-16(11-30(19)22(17)31)10-29(13-18)20-5-4-8-23-25-20/h4-8,15-16,18H,3,9-14H2,1-2H3/t16-,18+/m0/s1. The van der Waals surface area contributed by atoms with E-state index < -0.39 is 0 Å². The van der Waals surface area contributed by atoms with Crippen LogP contribution in [0, 0.1) is 5.92 Å². The maximum Gasteiger partial charge on any atom is 0.255 e. The normalized spacial score (nSPS) is 20.2. The third-order valence-electron chi connectivity index (χ3n) is 6.45. The van der Waals surface area contributed by atoms with Gasteiger partial charge in [0, 0.05) is 56.1 Å². The zero-order valence-electron chi connectivity index (χ0n) is 18.1. The van der Waals surface area contributed by atoms with Gasteiger partial charge in [0.1, 0.15) is 12.2 Å². The minimum Gasteiger partial charge on any atom is -0.354 e. The Balaban J connectivity index is 1.34. The van der Waals surface area contributed by atoms with Gasteiger partial charge in [-0.25, -0.2) is 0 Å². The number of fused-ring (bicyclic) bond motifs is 4. The van der Waals surface area contributed by atoms with Crippen LogP contribution < -0.4 is 10.5 Å². The van der Waals surface area contributed by atoms with Crippen molar-refractivity contribution in [1.82, 2.24) is 34.4 Å². The van der Waals surface area contributed by atoms with E-state index in [4.69, 9.17) is 0 Å². The molecule has 5 rings (SSSR count). The molecule has 0 N–H and O–H groups in total. The SMILES string of the molecule is CCn1cnnc1CN(C)Cc1ccc2n(c1=O)C[C@H]1C[C@@H]2CN(c2cccnn2)C1. The predicted molar refractivity (Wildman–Crippen MR) is 117 cm³/mol. The highest BCUT2D eigenvalue weighted by Crippen LogP contribution is 2.36. The van der Waals surface area contributed by atoms with Gasteiger partial charge in [0.15, 0.2) is 5.82 Å². The van der Waals surface area contributed by atoms with E-state index in [1.54, 1.807) is 12.5 Å². The molecule has 0 spiro atoms. The lowest BCUT2D eigenvalue weighted by Crippen LogP contribution is -2.48. The third kappa shape index (κ3) is 3.85. The molecule has 2 atom stereocenters. The summed E-state index contributed by atoms with van der Waals surface area (Å²) in [5.41, 5.74) is 2.12. The third-order valence-corrected chi connectivity index (χ3v) is 6.45. The van der Waals surface area contributed by atoms with E-state index >= 15 is 0 Å². The molecule has 2 aliphatic rings. The summed E-state index contributed by atoms with van der Waals surface area (Å²) in [6.07, 6.45) is 4.58. The van der Waals surface area contributed by atoms with Crippen LogP contribution in [0.5, 0.6) is 0 Å². The summed E-state index contributed by atoms with van der Waals surface area (Å²) < 4.78 is 4.05. The second-order valence-electron chi connectivity index (χ2n) is 8.69. The molecule has 9 heteroatoms. The Bertz CT molecular complexity index is 1110. The molecule has 162 valence electrons. The summed E-state index contributed by atoms with van der Waals surface area (Å²) in [5.74, 6) is 2.63. The summed E-state index contributed by atoms with van der Waals surface area (Å²) in [6.45, 7) is 6.73. The maximum atomic E-state index is 13.3. The number of aromatic nitrogens is 6. The summed E-state index contributed by atoms with van der Waals surface area (Å²) >= 11 is 0. The lowest BCUT2D eigenvalue weighted by molar-refractivity contribution is 0.274. The van der Waals surface area contributed by atoms with Crippen LogP contribution in [0.3, 0.4) is 0 Å². The van der Waals surface area contributed by atoms with E-state index in [2.05, 4.69) is 43.2 Å². The van der Waals surface area contributed by atoms with Crippen molar-refractivity contribution in [3.63, 3.8) is 0 Å². The molecule has 3 aromatic rings. The van der Waals surface area contributed by atoms with Crippen LogP contribution in [0.15, 0.2) is 41.6 Å². The number of hydrogen-bond acceptors (Lipinski definition) is 7. The molecule has 0 saturated carbocycles. The average molecular weight is 421 g/mol. The number of nitrogens with zero attached hydrogens (tertiary/aromatic N) is 8. The Labute approximate surface area is 181 Å². The van der Waals surface area contributed by atoms with Crippen molar-refractivity contribution in [2.75, 3.05) is 25.0 Å². The van der Waals surface area contributed by atoms with Gasteiger partial charge < -0.3 is 14.0 Å². The van der Waals surface area contributed by atoms with E-state index in [0.29, 0.717) is 24.9 Å². The van der Waals surface area contributed by atoms with Crippen LogP contribution in [-0.4, -0.2) is 54.6 Å². The first-order valence-corrected chi connectivity index (χ1v) is 10.9. The molecular weight excluding hydrogens is 392 g/mol. The molecule has 5 heterocycles. The van der Waals surface area contributed by atoms with E-state index in [-0.39, 0.29) is 5.56 Å². The van der Waals surface area contributed by atoms with Crippen LogP contribution in [0.1, 0.15) is 36.3 Å². The second-order valence-corrected chi connectivity index (χ2v) is 8.69. The molecule has 1 saturated heterocycles. The first-order valence-electron chi connectivity index (χ1n) is 10.9. The largest absolute Gasteiger partial charge is 0.354 e. The van der Waals surface area contributed by atoms with Gasteiger partial charge in [-0.1, -0.05) is 6.07 Å². The van der Waals surface area contributed by atoms with Crippen LogP contribution in [-0.2, 0) is 26.2 Å². The molecule has 9 nitrogen and oxygen atoms in total. The topological polar surface area (TPSA) is 85.0 Å². The Hall–Kier alpha value is -3.07. The van der Waals surface area contributed by atoms with Crippen molar-refractivity contribution in [3.05, 3.63) is 64.2 Å². The number of pyridine rings is 1. The molecule has 0 amide bonds. The van der Waals surface area contributed by atoms with Gasteiger partial charge in [0.25, 0.3) is 5.56 Å². The zero-order chi connectivity index (χ0) is 21.4. The smallest absolute Gasteiger partial charge is 0.255 e. The van der Waals surface area contributed by atoms with E-state index in [9.17, 15) is 4.79 Å². The molecular formula is C22H28N8O. The monoisotopic (exact) mass is 420 g/mol. The van der Waals surface area contributed by atoms with Crippen molar-refractivity contribution in [2.45, 2.75) is 45.4 Å². The molecule has 0 aliphatic carbocycles. The quantitative estimate of drug-likeness (QED) is 0.597. The summed E-state index contributed by atoms with van der Waals surface area (Å²) in [6, 6.07) is 8.10. The molecule has 3 aromatic heterocycles. The highest BCUT2D eigenvalue weighted by Gasteiger charge is 2.35. The maximum absolute atomic E-state index is 13.3. The first kappa shape index (κ1) is 19.9. The van der Waals surface area contributed by atoms with Crippen molar-refractivity contribution < 1.29 is 0 Å². The molecule has 0 radical (unpaired) electrons. The Morgan fingerprint density at radius 2 is 2.00 bits per heavy atom. The van der Waals surface area contributed by atoms with Gasteiger partial charge >= 0.3 is 0 Å². The average Bonchev–Trinajstić information content (AvgIpc) is 3.23. The van der Waals surface area contributed by atoms with Crippen LogP contribution in [0.2, 0.25) is 0 Å². The van der Waals surface area contributed by atoms with Gasteiger partial charge in [-0.2, -0.15) is 5.10 Å². The molecule has 1 fully saturated rings. The Morgan fingerprint density at radius 3 is 2.81 bits per heavy atom. The van der Waals surface area contributed by atoms with E-state index in [1.165, 1.54) is 0 Å². The second kappa shape index (κ2) is 8.22. The minimum absolute atomic E-state index is 0.143. The van der Waals surface area contributed by atoms with Crippen LogP contribution in [0.4, 0.5) is 5.82 Å². The molecule has 31 heavy (non-hydrogen) atoms. The highest BCUT2D eigenvalue weighted by atomic mass is 16.1. The number of aryl methyl sites for hydroxylation is 1. The van der Waals surface area contributed by atoms with E-state index in [1.807, 2.05) is 34.4 Å². The first-order chi connectivity index (χ1) is 15.1. The summed E-state index contributed by atoms with van der Waals surface area (Å²) in [5, 5.41) is 16.5. The highest BCUT2D eigenvalue weighted by molar-refractivity contribution is 5.39. The zero-order valence-corrected chi connectivity index (χ0v) is 18.1. The fraction of sp³-hybridized carbons (Fsp3) is 0.500. The van der Waals surface area contributed by atoms with Gasteiger partial charge in [-0.05, 0) is 44.5 Å². The molecule has 0 aromatic carbocycles. The molecule has 2 aliphatic heterocycles. The number of hydrogen-bond donors (Lipinski definition) is 0. The Kier molecular flexibility index (Phi) is 5.27. The van der Waals surface area contributed by atoms with Gasteiger partial charge in [-0.3, -0.25) is 9.69 Å². The van der Waals surface area contributed by atoms with Gasteiger partial charge in [0.2, 0.25) is 0 Å². The summed E-state index contributed by atoms with van der Waals surface area (Å²) in [7, 11) is 2.02. The minimum atomic E-state index is 0.143. The lowest BCUT2D eigenvalue weighted by atomic mass is 9.83. The van der Waals surface area contributed by atoms with Crippen molar-refractivity contribution in [2.24, 2.45) is 5.92 Å². The Morgan fingerprint density at radius 1 is 1.10 bits per heavy atom. The van der Waals surface area contributed by atoms with Crippen LogP contribution in [0.25, 0.3) is 0 Å². The van der Waals surface area contributed by atoms with E-state index in [0.717, 1.165) is 55.5 Å². The molecule has 2 bridgehead atoms. The van der Waals surface area contributed by atoms with Crippen molar-refractivity contribution >= 4 is 5.82 Å². The fourth-order valence-corrected chi connectivity index (χ4v) is 5.01. The van der Waals surface area contributed by atoms with Gasteiger partial charge in [-0.15, -0.1) is 15.3 Å². The predicted octanol–water partition coefficient (Wildman–Crippen LogP) is 1.51. The number of piperidine rings is 1. The fourth-order valence-electron chi connectivity index (χ4n) is 5.01. The molecule has 0 unspecified atom stereocenters. The number of rotatable bonds is 6. The summed E-state index contributed by atoms with van der Waals surface area (Å²) in [4.78, 5) is 17.8. The van der Waals surface area contributed by atoms with Gasteiger partial charge in [0.05, 0.1) is 6.54 Å². The lowest BCUT2D eigenvalue weighted by Gasteiger charge is -2.43. The van der Waals surface area contributed by atoms with Crippen molar-refractivity contribution in [1.29, 1.82) is 0 Å². The number of anilines is 1.